The van der Waals surface area contributed by atoms with Gasteiger partial charge in [0.25, 0.3) is 5.91 Å². The summed E-state index contributed by atoms with van der Waals surface area (Å²) in [7, 11) is 4.06. The van der Waals surface area contributed by atoms with Crippen molar-refractivity contribution in [1.82, 2.24) is 34.5 Å². The number of nitrogens with zero attached hydrogens (tertiary/aromatic N) is 7. The third-order valence-electron chi connectivity index (χ3n) is 9.66. The first-order valence-corrected chi connectivity index (χ1v) is 18.3. The minimum absolute atomic E-state index is 0.114. The summed E-state index contributed by atoms with van der Waals surface area (Å²) in [6.07, 6.45) is 5.68. The Bertz CT molecular complexity index is 2310. The van der Waals surface area contributed by atoms with Crippen LogP contribution in [-0.2, 0) is 12.0 Å². The van der Waals surface area contributed by atoms with E-state index < -0.39 is 0 Å². The van der Waals surface area contributed by atoms with Gasteiger partial charge in [-0.15, -0.1) is 0 Å². The number of anilines is 4. The van der Waals surface area contributed by atoms with Crippen molar-refractivity contribution in [2.45, 2.75) is 52.2 Å². The van der Waals surface area contributed by atoms with Gasteiger partial charge in [0.05, 0.1) is 29.5 Å². The Morgan fingerprint density at radius 1 is 0.891 bits per heavy atom. The largest absolute Gasteiger partial charge is 0.488 e. The van der Waals surface area contributed by atoms with E-state index >= 15 is 0 Å². The first-order valence-electron chi connectivity index (χ1n) is 18.3. The van der Waals surface area contributed by atoms with Gasteiger partial charge in [-0.2, -0.15) is 5.10 Å². The standard InChI is InChI=1S/C42H46N10O3/c1-27-11-13-29(14-12-27)52-39(22-36(49-52)42(2,3)4)48-41(54)46-33-15-16-35(32-10-8-7-9-31(32)33)55-26-28-17-19-43-37(21-28)47-38-24-44-34(23-45-38)40(53)51-20-18-30(25-51)50(5)6/h7-17,19,21-24,30H,18,20,25-26H2,1-6H3,(H,43,45,47)(H2,46,48,54)/t30-/m0/s1. The molecule has 4 heterocycles. The van der Waals surface area contributed by atoms with Crippen LogP contribution in [0.3, 0.4) is 0 Å². The van der Waals surface area contributed by atoms with E-state index in [0.29, 0.717) is 53.7 Å². The van der Waals surface area contributed by atoms with Gasteiger partial charge < -0.3 is 25.2 Å². The number of benzene rings is 3. The number of nitrogens with one attached hydrogen (secondary N) is 3. The fourth-order valence-corrected chi connectivity index (χ4v) is 6.43. The summed E-state index contributed by atoms with van der Waals surface area (Å²) in [5.74, 6) is 2.16. The van der Waals surface area contributed by atoms with E-state index in [9.17, 15) is 9.59 Å². The van der Waals surface area contributed by atoms with Gasteiger partial charge in [0, 0.05) is 47.6 Å². The first kappa shape index (κ1) is 37.0. The molecule has 1 aliphatic rings. The van der Waals surface area contributed by atoms with Crippen LogP contribution in [-0.4, -0.2) is 79.7 Å². The lowest BCUT2D eigenvalue weighted by Gasteiger charge is -2.20. The van der Waals surface area contributed by atoms with Crippen molar-refractivity contribution in [2.75, 3.05) is 43.1 Å². The molecule has 0 unspecified atom stereocenters. The number of aryl methyl sites for hydroxylation is 1. The summed E-state index contributed by atoms with van der Waals surface area (Å²) in [6.45, 7) is 9.97. The van der Waals surface area contributed by atoms with Crippen LogP contribution in [0.4, 0.5) is 27.9 Å². The quantitative estimate of drug-likeness (QED) is 0.130. The third-order valence-corrected chi connectivity index (χ3v) is 9.66. The number of hydrogen-bond donors (Lipinski definition) is 3. The molecule has 6 aromatic rings. The van der Waals surface area contributed by atoms with Crippen molar-refractivity contribution in [3.63, 3.8) is 0 Å². The number of pyridine rings is 1. The number of hydrogen-bond acceptors (Lipinski definition) is 9. The molecular formula is C42H46N10O3. The zero-order valence-corrected chi connectivity index (χ0v) is 32.0. The zero-order chi connectivity index (χ0) is 38.7. The molecule has 3 aromatic carbocycles. The van der Waals surface area contributed by atoms with Gasteiger partial charge in [-0.1, -0.05) is 62.7 Å². The fraction of sp³-hybridized carbons (Fsp3) is 0.286. The van der Waals surface area contributed by atoms with Crippen LogP contribution in [0.2, 0.25) is 0 Å². The molecule has 0 spiro atoms. The van der Waals surface area contributed by atoms with Gasteiger partial charge in [0.15, 0.2) is 0 Å². The Kier molecular flexibility index (Phi) is 10.5. The molecule has 55 heavy (non-hydrogen) atoms. The van der Waals surface area contributed by atoms with Crippen molar-refractivity contribution in [2.24, 2.45) is 0 Å². The van der Waals surface area contributed by atoms with Gasteiger partial charge in [0.1, 0.15) is 35.5 Å². The van der Waals surface area contributed by atoms with E-state index in [1.54, 1.807) is 17.1 Å². The molecule has 1 saturated heterocycles. The number of likely N-dealkylation sites (N-methyl/N-ethyl adjacent to an activating group) is 1. The van der Waals surface area contributed by atoms with Gasteiger partial charge in [-0.05, 0) is 69.4 Å². The average Bonchev–Trinajstić information content (AvgIpc) is 3.84. The first-order chi connectivity index (χ1) is 26.4. The van der Waals surface area contributed by atoms with E-state index in [4.69, 9.17) is 9.84 Å². The summed E-state index contributed by atoms with van der Waals surface area (Å²) in [6, 6.07) is 25.1. The highest BCUT2D eigenvalue weighted by atomic mass is 16.5. The van der Waals surface area contributed by atoms with Crippen LogP contribution >= 0.6 is 0 Å². The highest BCUT2D eigenvalue weighted by Crippen LogP contribution is 2.33. The van der Waals surface area contributed by atoms with Gasteiger partial charge in [0.2, 0.25) is 0 Å². The number of carbonyl (C=O) groups excluding carboxylic acids is 2. The predicted molar refractivity (Wildman–Crippen MR) is 215 cm³/mol. The normalized spacial score (nSPS) is 14.3. The van der Waals surface area contributed by atoms with Crippen molar-refractivity contribution >= 4 is 45.9 Å². The molecule has 0 radical (unpaired) electrons. The Balaban J connectivity index is 1.00. The topological polar surface area (TPSA) is 142 Å². The molecular weight excluding hydrogens is 693 g/mol. The minimum Gasteiger partial charge on any atom is -0.488 e. The van der Waals surface area contributed by atoms with E-state index in [-0.39, 0.29) is 24.0 Å². The molecule has 282 valence electrons. The number of urea groups is 1. The maximum atomic E-state index is 13.5. The number of fused-ring (bicyclic) bond motifs is 1. The highest BCUT2D eigenvalue weighted by Gasteiger charge is 2.29. The highest BCUT2D eigenvalue weighted by molar-refractivity contribution is 6.07. The van der Waals surface area contributed by atoms with Gasteiger partial charge in [-0.25, -0.2) is 24.4 Å². The lowest BCUT2D eigenvalue weighted by molar-refractivity contribution is 0.0777. The molecule has 1 aliphatic heterocycles. The van der Waals surface area contributed by atoms with Crippen molar-refractivity contribution < 1.29 is 14.3 Å². The number of aromatic nitrogens is 5. The van der Waals surface area contributed by atoms with Crippen molar-refractivity contribution in [3.05, 3.63) is 120 Å². The lowest BCUT2D eigenvalue weighted by atomic mass is 9.92. The van der Waals surface area contributed by atoms with Crippen LogP contribution in [0.15, 0.2) is 97.5 Å². The van der Waals surface area contributed by atoms with E-state index in [1.807, 2.05) is 105 Å². The van der Waals surface area contributed by atoms with Crippen LogP contribution in [0, 0.1) is 6.92 Å². The molecule has 0 aliphatic carbocycles. The second-order valence-corrected chi connectivity index (χ2v) is 15.1. The molecule has 3 amide bonds. The van der Waals surface area contributed by atoms with Crippen molar-refractivity contribution in [3.8, 4) is 11.4 Å². The molecule has 1 fully saturated rings. The number of rotatable bonds is 10. The average molecular weight is 739 g/mol. The van der Waals surface area contributed by atoms with Crippen molar-refractivity contribution in [1.29, 1.82) is 0 Å². The third kappa shape index (κ3) is 8.57. The molecule has 1 atom stereocenters. The van der Waals surface area contributed by atoms with Crippen LogP contribution in [0.5, 0.6) is 5.75 Å². The van der Waals surface area contributed by atoms with Gasteiger partial charge >= 0.3 is 6.03 Å². The SMILES string of the molecule is Cc1ccc(-n2nc(C(C)(C)C)cc2NC(=O)Nc2ccc(OCc3ccnc(Nc4cnc(C(=O)N5CC[C@H](N(C)C)C5)cn4)c3)c3ccccc23)cc1. The fourth-order valence-electron chi connectivity index (χ4n) is 6.43. The Morgan fingerprint density at radius 3 is 2.38 bits per heavy atom. The molecule has 7 rings (SSSR count). The van der Waals surface area contributed by atoms with Crippen LogP contribution in [0.1, 0.15) is 54.5 Å². The Morgan fingerprint density at radius 2 is 1.67 bits per heavy atom. The Hall–Kier alpha value is -6.34. The molecule has 13 nitrogen and oxygen atoms in total. The smallest absolute Gasteiger partial charge is 0.324 e. The summed E-state index contributed by atoms with van der Waals surface area (Å²) in [5, 5.41) is 15.7. The van der Waals surface area contributed by atoms with E-state index in [0.717, 1.165) is 39.7 Å². The molecule has 13 heteroatoms. The second kappa shape index (κ2) is 15.6. The number of amides is 3. The second-order valence-electron chi connectivity index (χ2n) is 15.1. The number of ether oxygens (including phenoxy) is 1. The van der Waals surface area contributed by atoms with Crippen LogP contribution < -0.4 is 20.7 Å². The Labute approximate surface area is 320 Å². The lowest BCUT2D eigenvalue weighted by Crippen LogP contribution is -2.34. The number of likely N-dealkylation sites (tertiary alicyclic amines) is 1. The summed E-state index contributed by atoms with van der Waals surface area (Å²) < 4.78 is 8.08. The monoisotopic (exact) mass is 738 g/mol. The maximum Gasteiger partial charge on any atom is 0.324 e. The van der Waals surface area contributed by atoms with E-state index in [1.165, 1.54) is 6.20 Å². The van der Waals surface area contributed by atoms with E-state index in [2.05, 4.69) is 56.6 Å². The number of carbonyl (C=O) groups is 2. The summed E-state index contributed by atoms with van der Waals surface area (Å²) >= 11 is 0. The molecule has 3 N–H and O–H groups in total. The predicted octanol–water partition coefficient (Wildman–Crippen LogP) is 7.56. The maximum absolute atomic E-state index is 13.5. The van der Waals surface area contributed by atoms with Crippen LogP contribution in [0.25, 0.3) is 16.5 Å². The summed E-state index contributed by atoms with van der Waals surface area (Å²) in [4.78, 5) is 43.6. The molecule has 0 bridgehead atoms. The molecule has 0 saturated carbocycles. The molecule has 3 aromatic heterocycles. The minimum atomic E-state index is -0.389. The summed E-state index contributed by atoms with van der Waals surface area (Å²) in [5.41, 5.74) is 4.48. The van der Waals surface area contributed by atoms with Gasteiger partial charge in [-0.3, -0.25) is 10.1 Å². The zero-order valence-electron chi connectivity index (χ0n) is 32.0.